The van der Waals surface area contributed by atoms with Gasteiger partial charge in [0.25, 0.3) is 5.91 Å². The number of aromatic nitrogens is 4. The zero-order chi connectivity index (χ0) is 22.3. The number of amides is 1. The first kappa shape index (κ1) is 22.3. The highest BCUT2D eigenvalue weighted by molar-refractivity contribution is 7.16. The Labute approximate surface area is 190 Å². The van der Waals surface area contributed by atoms with Gasteiger partial charge in [-0.1, -0.05) is 0 Å². The molecule has 0 aromatic carbocycles. The third kappa shape index (κ3) is 5.64. The van der Waals surface area contributed by atoms with E-state index in [4.69, 9.17) is 9.47 Å². The van der Waals surface area contributed by atoms with Crippen molar-refractivity contribution in [2.45, 2.75) is 19.9 Å². The van der Waals surface area contributed by atoms with Crippen molar-refractivity contribution in [3.63, 3.8) is 0 Å². The molecule has 1 aliphatic heterocycles. The summed E-state index contributed by atoms with van der Waals surface area (Å²) >= 11 is 1.27. The van der Waals surface area contributed by atoms with E-state index in [9.17, 15) is 4.79 Å². The molecule has 0 spiro atoms. The molecule has 168 valence electrons. The zero-order valence-corrected chi connectivity index (χ0v) is 19.0. The highest BCUT2D eigenvalue weighted by Gasteiger charge is 2.23. The van der Waals surface area contributed by atoms with Crippen molar-refractivity contribution in [1.82, 2.24) is 30.2 Å². The Hall–Kier alpha value is -2.95. The SMILES string of the molecule is CCOc1cncc(-c2cnc(C(=O)N[C@H](CN3CCOCC3)c3cc(C)ccn3)s2)n1. The number of rotatable bonds is 8. The standard InChI is InChI=1S/C22H26N6O3S/c1-3-31-20-13-23-11-17(26-20)19-12-25-22(32-19)21(29)27-18(14-28-6-8-30-9-7-28)16-10-15(2)4-5-24-16/h4-5,10-13,18H,3,6-9,14H2,1-2H3,(H,27,29)/t18-/m1/s1. The fourth-order valence-electron chi connectivity index (χ4n) is 3.41. The monoisotopic (exact) mass is 454 g/mol. The van der Waals surface area contributed by atoms with Crippen molar-refractivity contribution in [3.05, 3.63) is 53.2 Å². The summed E-state index contributed by atoms with van der Waals surface area (Å²) in [7, 11) is 0. The average Bonchev–Trinajstić information content (AvgIpc) is 3.30. The molecule has 4 rings (SSSR count). The van der Waals surface area contributed by atoms with Gasteiger partial charge in [0.2, 0.25) is 5.88 Å². The van der Waals surface area contributed by atoms with Gasteiger partial charge >= 0.3 is 0 Å². The summed E-state index contributed by atoms with van der Waals surface area (Å²) in [6.07, 6.45) is 6.61. The van der Waals surface area contributed by atoms with Crippen molar-refractivity contribution in [1.29, 1.82) is 0 Å². The van der Waals surface area contributed by atoms with E-state index in [-0.39, 0.29) is 11.9 Å². The highest BCUT2D eigenvalue weighted by Crippen LogP contribution is 2.26. The molecule has 1 amide bonds. The maximum absolute atomic E-state index is 13.1. The molecule has 4 heterocycles. The molecule has 1 fully saturated rings. The summed E-state index contributed by atoms with van der Waals surface area (Å²) in [5.41, 5.74) is 2.55. The van der Waals surface area contributed by atoms with E-state index in [0.717, 1.165) is 29.2 Å². The van der Waals surface area contributed by atoms with Crippen LogP contribution >= 0.6 is 11.3 Å². The number of aryl methyl sites for hydroxylation is 1. The highest BCUT2D eigenvalue weighted by atomic mass is 32.1. The molecule has 0 saturated carbocycles. The molecule has 0 bridgehead atoms. The largest absolute Gasteiger partial charge is 0.477 e. The van der Waals surface area contributed by atoms with Gasteiger partial charge in [-0.3, -0.25) is 19.7 Å². The average molecular weight is 455 g/mol. The van der Waals surface area contributed by atoms with Gasteiger partial charge in [-0.05, 0) is 31.5 Å². The Bertz CT molecular complexity index is 1050. The van der Waals surface area contributed by atoms with Gasteiger partial charge in [-0.2, -0.15) is 0 Å². The van der Waals surface area contributed by atoms with Gasteiger partial charge in [0.1, 0.15) is 5.69 Å². The molecule has 9 nitrogen and oxygen atoms in total. The summed E-state index contributed by atoms with van der Waals surface area (Å²) in [5.74, 6) is 0.206. The maximum atomic E-state index is 13.1. The Morgan fingerprint density at radius 1 is 1.28 bits per heavy atom. The van der Waals surface area contributed by atoms with Crippen LogP contribution in [0.25, 0.3) is 10.6 Å². The summed E-state index contributed by atoms with van der Waals surface area (Å²) in [6.45, 7) is 8.11. The molecule has 0 unspecified atom stereocenters. The number of thiazole rings is 1. The fraction of sp³-hybridized carbons (Fsp3) is 0.409. The molecule has 3 aromatic heterocycles. The van der Waals surface area contributed by atoms with Crippen molar-refractivity contribution < 1.29 is 14.3 Å². The summed E-state index contributed by atoms with van der Waals surface area (Å²) < 4.78 is 10.9. The molecule has 0 radical (unpaired) electrons. The van der Waals surface area contributed by atoms with Gasteiger partial charge in [0.05, 0.1) is 48.8 Å². The normalized spacial score (nSPS) is 15.3. The first-order valence-electron chi connectivity index (χ1n) is 10.6. The van der Waals surface area contributed by atoms with E-state index < -0.39 is 0 Å². The Morgan fingerprint density at radius 2 is 2.12 bits per heavy atom. The van der Waals surface area contributed by atoms with E-state index in [2.05, 4.69) is 30.2 Å². The molecule has 1 N–H and O–H groups in total. The molecule has 10 heteroatoms. The molecule has 32 heavy (non-hydrogen) atoms. The van der Waals surface area contributed by atoms with Crippen molar-refractivity contribution in [3.8, 4) is 16.5 Å². The Balaban J connectivity index is 1.51. The lowest BCUT2D eigenvalue weighted by Gasteiger charge is -2.30. The number of carbonyl (C=O) groups is 1. The second kappa shape index (κ2) is 10.6. The molecular weight excluding hydrogens is 428 g/mol. The van der Waals surface area contributed by atoms with E-state index in [1.165, 1.54) is 11.3 Å². The molecule has 1 atom stereocenters. The number of nitrogens with one attached hydrogen (secondary N) is 1. The first-order valence-corrected chi connectivity index (χ1v) is 11.4. The van der Waals surface area contributed by atoms with Gasteiger partial charge < -0.3 is 14.8 Å². The predicted octanol–water partition coefficient (Wildman–Crippen LogP) is 2.51. The molecule has 1 saturated heterocycles. The predicted molar refractivity (Wildman–Crippen MR) is 121 cm³/mol. The van der Waals surface area contributed by atoms with Crippen LogP contribution in [0.2, 0.25) is 0 Å². The zero-order valence-electron chi connectivity index (χ0n) is 18.2. The number of nitrogens with zero attached hydrogens (tertiary/aromatic N) is 5. The summed E-state index contributed by atoms with van der Waals surface area (Å²) in [5, 5.41) is 3.49. The van der Waals surface area contributed by atoms with E-state index in [0.29, 0.717) is 42.9 Å². The van der Waals surface area contributed by atoms with Crippen molar-refractivity contribution >= 4 is 17.2 Å². The lowest BCUT2D eigenvalue weighted by Crippen LogP contribution is -2.43. The van der Waals surface area contributed by atoms with E-state index in [1.807, 2.05) is 26.0 Å². The van der Waals surface area contributed by atoms with Crippen molar-refractivity contribution in [2.24, 2.45) is 0 Å². The van der Waals surface area contributed by atoms with Crippen molar-refractivity contribution in [2.75, 3.05) is 39.5 Å². The van der Waals surface area contributed by atoms with E-state index >= 15 is 0 Å². The minimum Gasteiger partial charge on any atom is -0.477 e. The molecule has 3 aromatic rings. The van der Waals surface area contributed by atoms with Gasteiger partial charge in [0, 0.05) is 32.0 Å². The Morgan fingerprint density at radius 3 is 2.91 bits per heavy atom. The quantitative estimate of drug-likeness (QED) is 0.554. The fourth-order valence-corrected chi connectivity index (χ4v) is 4.18. The number of morpholine rings is 1. The van der Waals surface area contributed by atoms with E-state index in [1.54, 1.807) is 24.8 Å². The molecule has 1 aliphatic rings. The number of pyridine rings is 1. The number of ether oxygens (including phenoxy) is 2. The summed E-state index contributed by atoms with van der Waals surface area (Å²) in [6, 6.07) is 3.70. The third-order valence-corrected chi connectivity index (χ3v) is 6.02. The van der Waals surface area contributed by atoms with Crippen LogP contribution in [-0.4, -0.2) is 70.2 Å². The first-order chi connectivity index (χ1) is 15.6. The molecule has 0 aliphatic carbocycles. The third-order valence-electron chi connectivity index (χ3n) is 5.00. The van der Waals surface area contributed by atoms with Crippen LogP contribution in [0, 0.1) is 6.92 Å². The van der Waals surface area contributed by atoms with Gasteiger partial charge in [-0.25, -0.2) is 9.97 Å². The lowest BCUT2D eigenvalue weighted by atomic mass is 10.1. The number of hydrogen-bond donors (Lipinski definition) is 1. The minimum atomic E-state index is -0.256. The smallest absolute Gasteiger partial charge is 0.280 e. The maximum Gasteiger partial charge on any atom is 0.280 e. The van der Waals surface area contributed by atoms with Crippen LogP contribution in [0.3, 0.4) is 0 Å². The van der Waals surface area contributed by atoms with Gasteiger partial charge in [-0.15, -0.1) is 11.3 Å². The second-order valence-corrected chi connectivity index (χ2v) is 8.43. The second-order valence-electron chi connectivity index (χ2n) is 7.40. The van der Waals surface area contributed by atoms with Crippen LogP contribution < -0.4 is 10.1 Å². The minimum absolute atomic E-state index is 0.239. The summed E-state index contributed by atoms with van der Waals surface area (Å²) in [4.78, 5) is 33.5. The number of carbonyl (C=O) groups excluding carboxylic acids is 1. The number of hydrogen-bond acceptors (Lipinski definition) is 9. The lowest BCUT2D eigenvalue weighted by molar-refractivity contribution is 0.0330. The van der Waals surface area contributed by atoms with Crippen LogP contribution in [0.1, 0.15) is 34.0 Å². The topological polar surface area (TPSA) is 102 Å². The van der Waals surface area contributed by atoms with Crippen LogP contribution in [0.4, 0.5) is 0 Å². The molecular formula is C22H26N6O3S. The van der Waals surface area contributed by atoms with Gasteiger partial charge in [0.15, 0.2) is 5.01 Å². The Kier molecular flexibility index (Phi) is 7.35. The van der Waals surface area contributed by atoms with Crippen LogP contribution in [0.5, 0.6) is 5.88 Å². The van der Waals surface area contributed by atoms with Crippen LogP contribution in [0.15, 0.2) is 36.9 Å². The van der Waals surface area contributed by atoms with Crippen LogP contribution in [-0.2, 0) is 4.74 Å².